The maximum absolute atomic E-state index is 12.7. The molecule has 0 aliphatic carbocycles. The fourth-order valence-corrected chi connectivity index (χ4v) is 2.92. The lowest BCUT2D eigenvalue weighted by Crippen LogP contribution is -2.15. The maximum Gasteiger partial charge on any atom is 0.278 e. The number of rotatable bonds is 5. The predicted molar refractivity (Wildman–Crippen MR) is 105 cm³/mol. The molecule has 0 aliphatic heterocycles. The lowest BCUT2D eigenvalue weighted by atomic mass is 10.1. The van der Waals surface area contributed by atoms with Crippen molar-refractivity contribution in [2.24, 2.45) is 0 Å². The van der Waals surface area contributed by atoms with E-state index in [4.69, 9.17) is 9.26 Å². The van der Waals surface area contributed by atoms with Crippen molar-refractivity contribution in [1.82, 2.24) is 5.16 Å². The Balaban J connectivity index is 1.79. The van der Waals surface area contributed by atoms with Crippen LogP contribution in [0.1, 0.15) is 44.1 Å². The van der Waals surface area contributed by atoms with Crippen LogP contribution in [-0.2, 0) is 6.61 Å². The van der Waals surface area contributed by atoms with Crippen LogP contribution in [0.4, 0.5) is 5.69 Å². The quantitative estimate of drug-likeness (QED) is 0.688. The molecule has 1 amide bonds. The van der Waals surface area contributed by atoms with Gasteiger partial charge in [-0.05, 0) is 69.0 Å². The number of hydrogen-bond donors (Lipinski definition) is 1. The lowest BCUT2D eigenvalue weighted by molar-refractivity contribution is 0.101. The molecule has 140 valence electrons. The molecule has 1 N–H and O–H groups in total. The Morgan fingerprint density at radius 3 is 2.37 bits per heavy atom. The van der Waals surface area contributed by atoms with Crippen molar-refractivity contribution in [3.05, 3.63) is 75.7 Å². The largest absolute Gasteiger partial charge is 0.488 e. The van der Waals surface area contributed by atoms with E-state index in [1.165, 1.54) is 5.56 Å². The van der Waals surface area contributed by atoms with Crippen molar-refractivity contribution in [1.29, 1.82) is 0 Å². The summed E-state index contributed by atoms with van der Waals surface area (Å²) >= 11 is 0. The van der Waals surface area contributed by atoms with Gasteiger partial charge in [-0.2, -0.15) is 0 Å². The number of hydrogen-bond acceptors (Lipinski definition) is 4. The molecule has 0 saturated carbocycles. The van der Waals surface area contributed by atoms with Gasteiger partial charge in [0, 0.05) is 5.69 Å². The highest BCUT2D eigenvalue weighted by Gasteiger charge is 2.21. The van der Waals surface area contributed by atoms with Crippen LogP contribution in [0, 0.1) is 34.6 Å². The topological polar surface area (TPSA) is 64.4 Å². The fourth-order valence-electron chi connectivity index (χ4n) is 2.92. The number of ether oxygens (including phenoxy) is 1. The highest BCUT2D eigenvalue weighted by atomic mass is 16.5. The number of carbonyl (C=O) groups excluding carboxylic acids is 1. The summed E-state index contributed by atoms with van der Waals surface area (Å²) in [7, 11) is 0. The highest BCUT2D eigenvalue weighted by molar-refractivity contribution is 6.03. The van der Waals surface area contributed by atoms with Crippen LogP contribution in [0.5, 0.6) is 5.75 Å². The third-order valence-electron chi connectivity index (χ3n) is 4.73. The monoisotopic (exact) mass is 364 g/mol. The summed E-state index contributed by atoms with van der Waals surface area (Å²) in [6.07, 6.45) is 0. The Morgan fingerprint density at radius 1 is 1.00 bits per heavy atom. The Bertz CT molecular complexity index is 969. The molecule has 3 rings (SSSR count). The molecule has 5 nitrogen and oxygen atoms in total. The van der Waals surface area contributed by atoms with E-state index in [0.717, 1.165) is 28.1 Å². The standard InChI is InChI=1S/C22H24N2O3/c1-13-9-10-18(11-16(13)4)23-22(25)20-19(17(5)27-24-20)12-26-21-14(2)7-6-8-15(21)3/h6-11H,12H2,1-5H3,(H,23,25). The van der Waals surface area contributed by atoms with Crippen molar-refractivity contribution >= 4 is 11.6 Å². The van der Waals surface area contributed by atoms with E-state index in [1.807, 2.05) is 64.1 Å². The van der Waals surface area contributed by atoms with Gasteiger partial charge in [-0.3, -0.25) is 4.79 Å². The van der Waals surface area contributed by atoms with Gasteiger partial charge < -0.3 is 14.6 Å². The first-order valence-electron chi connectivity index (χ1n) is 8.89. The molecule has 1 aromatic heterocycles. The van der Waals surface area contributed by atoms with E-state index in [-0.39, 0.29) is 18.2 Å². The minimum Gasteiger partial charge on any atom is -0.488 e. The van der Waals surface area contributed by atoms with Crippen molar-refractivity contribution < 1.29 is 14.1 Å². The zero-order valence-electron chi connectivity index (χ0n) is 16.3. The van der Waals surface area contributed by atoms with E-state index >= 15 is 0 Å². The third-order valence-corrected chi connectivity index (χ3v) is 4.73. The summed E-state index contributed by atoms with van der Waals surface area (Å²) in [6.45, 7) is 10.0. The van der Waals surface area contributed by atoms with Crippen LogP contribution in [0.15, 0.2) is 40.9 Å². The first-order valence-corrected chi connectivity index (χ1v) is 8.89. The maximum atomic E-state index is 12.7. The van der Waals surface area contributed by atoms with Gasteiger partial charge >= 0.3 is 0 Å². The second-order valence-electron chi connectivity index (χ2n) is 6.83. The van der Waals surface area contributed by atoms with Gasteiger partial charge in [-0.1, -0.05) is 29.4 Å². The first kappa shape index (κ1) is 18.7. The number of aryl methyl sites for hydroxylation is 5. The number of para-hydroxylation sites is 1. The Morgan fingerprint density at radius 2 is 1.70 bits per heavy atom. The van der Waals surface area contributed by atoms with Crippen LogP contribution >= 0.6 is 0 Å². The van der Waals surface area contributed by atoms with E-state index in [9.17, 15) is 4.79 Å². The van der Waals surface area contributed by atoms with Crippen LogP contribution < -0.4 is 10.1 Å². The van der Waals surface area contributed by atoms with Crippen molar-refractivity contribution in [2.75, 3.05) is 5.32 Å². The fraction of sp³-hybridized carbons (Fsp3) is 0.273. The highest BCUT2D eigenvalue weighted by Crippen LogP contribution is 2.25. The molecule has 0 bridgehead atoms. The number of aromatic nitrogens is 1. The Hall–Kier alpha value is -3.08. The van der Waals surface area contributed by atoms with Gasteiger partial charge in [0.25, 0.3) is 5.91 Å². The van der Waals surface area contributed by atoms with Crippen LogP contribution in [0.25, 0.3) is 0 Å². The van der Waals surface area contributed by atoms with E-state index < -0.39 is 0 Å². The van der Waals surface area contributed by atoms with E-state index in [1.54, 1.807) is 6.92 Å². The van der Waals surface area contributed by atoms with Gasteiger partial charge in [-0.15, -0.1) is 0 Å². The Labute approximate surface area is 159 Å². The normalized spacial score (nSPS) is 10.7. The molecule has 0 radical (unpaired) electrons. The molecule has 0 spiro atoms. The molecule has 0 atom stereocenters. The van der Waals surface area contributed by atoms with Gasteiger partial charge in [0.1, 0.15) is 18.1 Å². The number of nitrogens with zero attached hydrogens (tertiary/aromatic N) is 1. The summed E-state index contributed by atoms with van der Waals surface area (Å²) in [5, 5.41) is 6.83. The number of carbonyl (C=O) groups is 1. The minimum atomic E-state index is -0.310. The minimum absolute atomic E-state index is 0.219. The second-order valence-corrected chi connectivity index (χ2v) is 6.83. The average Bonchev–Trinajstić information content (AvgIpc) is 2.99. The number of amides is 1. The molecule has 2 aromatic carbocycles. The summed E-state index contributed by atoms with van der Waals surface area (Å²) in [4.78, 5) is 12.7. The molecule has 0 aliphatic rings. The molecule has 5 heteroatoms. The van der Waals surface area contributed by atoms with Crippen molar-refractivity contribution in [3.8, 4) is 5.75 Å². The molecule has 0 unspecified atom stereocenters. The van der Waals surface area contributed by atoms with Gasteiger partial charge in [0.05, 0.1) is 5.56 Å². The number of benzene rings is 2. The molecular weight excluding hydrogens is 340 g/mol. The molecule has 3 aromatic rings. The molecular formula is C22H24N2O3. The van der Waals surface area contributed by atoms with E-state index in [2.05, 4.69) is 10.5 Å². The van der Waals surface area contributed by atoms with Crippen LogP contribution in [0.3, 0.4) is 0 Å². The summed E-state index contributed by atoms with van der Waals surface area (Å²) in [5.74, 6) is 1.08. The van der Waals surface area contributed by atoms with Crippen LogP contribution in [-0.4, -0.2) is 11.1 Å². The third kappa shape index (κ3) is 4.03. The number of nitrogens with one attached hydrogen (secondary N) is 1. The van der Waals surface area contributed by atoms with Gasteiger partial charge in [0.2, 0.25) is 0 Å². The van der Waals surface area contributed by atoms with Crippen molar-refractivity contribution in [3.63, 3.8) is 0 Å². The summed E-state index contributed by atoms with van der Waals surface area (Å²) in [5.41, 5.74) is 6.01. The molecule has 1 heterocycles. The Kier molecular flexibility index (Phi) is 5.31. The van der Waals surface area contributed by atoms with Gasteiger partial charge in [-0.25, -0.2) is 0 Å². The SMILES string of the molecule is Cc1ccc(NC(=O)c2noc(C)c2COc2c(C)cccc2C)cc1C. The summed E-state index contributed by atoms with van der Waals surface area (Å²) < 4.78 is 11.2. The number of anilines is 1. The average molecular weight is 364 g/mol. The van der Waals surface area contributed by atoms with Crippen LogP contribution in [0.2, 0.25) is 0 Å². The van der Waals surface area contributed by atoms with Gasteiger partial charge in [0.15, 0.2) is 5.69 Å². The lowest BCUT2D eigenvalue weighted by Gasteiger charge is -2.12. The zero-order chi connectivity index (χ0) is 19.6. The molecule has 0 saturated heterocycles. The van der Waals surface area contributed by atoms with E-state index in [0.29, 0.717) is 11.3 Å². The van der Waals surface area contributed by atoms with Crippen molar-refractivity contribution in [2.45, 2.75) is 41.2 Å². The zero-order valence-corrected chi connectivity index (χ0v) is 16.3. The second kappa shape index (κ2) is 7.66. The molecule has 0 fully saturated rings. The molecule has 27 heavy (non-hydrogen) atoms. The smallest absolute Gasteiger partial charge is 0.278 e. The first-order chi connectivity index (χ1) is 12.9. The predicted octanol–water partition coefficient (Wildman–Crippen LogP) is 5.05. The summed E-state index contributed by atoms with van der Waals surface area (Å²) in [6, 6.07) is 11.8.